The lowest BCUT2D eigenvalue weighted by atomic mass is 9.90. The zero-order valence-electron chi connectivity index (χ0n) is 8.41. The molecule has 1 atom stereocenters. The molecule has 0 fully saturated rings. The van der Waals surface area contributed by atoms with Crippen LogP contribution in [0.25, 0.3) is 0 Å². The average molecular weight is 280 g/mol. The maximum absolute atomic E-state index is 9.31. The molecule has 1 aromatic heterocycles. The van der Waals surface area contributed by atoms with Crippen LogP contribution < -0.4 is 5.32 Å². The van der Waals surface area contributed by atoms with Gasteiger partial charge in [-0.3, -0.25) is 0 Å². The van der Waals surface area contributed by atoms with E-state index < -0.39 is 0 Å². The van der Waals surface area contributed by atoms with E-state index in [-0.39, 0.29) is 12.1 Å². The molecule has 4 nitrogen and oxygen atoms in total. The first-order valence-corrected chi connectivity index (χ1v) is 5.97. The molecule has 0 radical (unpaired) electrons. The average Bonchev–Trinajstić information content (AvgIpc) is 2.50. The third-order valence-electron chi connectivity index (χ3n) is 2.40. The summed E-state index contributed by atoms with van der Waals surface area (Å²) in [6, 6.07) is 0. The van der Waals surface area contributed by atoms with E-state index in [1.807, 2.05) is 6.92 Å². The Labute approximate surface area is 95.9 Å². The molecule has 1 aromatic rings. The van der Waals surface area contributed by atoms with Gasteiger partial charge >= 0.3 is 0 Å². The van der Waals surface area contributed by atoms with Gasteiger partial charge in [-0.15, -0.1) is 10.2 Å². The van der Waals surface area contributed by atoms with Crippen LogP contribution in [-0.4, -0.2) is 27.4 Å². The SMILES string of the molecule is CC(C)C(C)(CO)Nc1nnc(Br)s1. The highest BCUT2D eigenvalue weighted by molar-refractivity contribution is 9.11. The van der Waals surface area contributed by atoms with Crippen LogP contribution in [0.1, 0.15) is 20.8 Å². The van der Waals surface area contributed by atoms with Crippen LogP contribution in [0.15, 0.2) is 3.92 Å². The smallest absolute Gasteiger partial charge is 0.206 e. The van der Waals surface area contributed by atoms with Crippen LogP contribution in [0.3, 0.4) is 0 Å². The van der Waals surface area contributed by atoms with E-state index in [0.29, 0.717) is 5.92 Å². The molecule has 0 aromatic carbocycles. The second kappa shape index (κ2) is 4.55. The quantitative estimate of drug-likeness (QED) is 0.887. The second-order valence-corrected chi connectivity index (χ2v) is 5.97. The fourth-order valence-electron chi connectivity index (χ4n) is 0.867. The van der Waals surface area contributed by atoms with Gasteiger partial charge in [0, 0.05) is 0 Å². The summed E-state index contributed by atoms with van der Waals surface area (Å²) >= 11 is 4.66. The molecule has 1 heterocycles. The third-order valence-corrected chi connectivity index (χ3v) is 3.67. The van der Waals surface area contributed by atoms with Crippen LogP contribution in [0.2, 0.25) is 0 Å². The summed E-state index contributed by atoms with van der Waals surface area (Å²) in [4.78, 5) is 0. The van der Waals surface area contributed by atoms with Gasteiger partial charge in [-0.1, -0.05) is 25.2 Å². The second-order valence-electron chi connectivity index (χ2n) is 3.72. The van der Waals surface area contributed by atoms with Crippen molar-refractivity contribution in [3.8, 4) is 0 Å². The normalized spacial score (nSPS) is 15.6. The van der Waals surface area contributed by atoms with Crippen molar-refractivity contribution in [3.05, 3.63) is 3.92 Å². The van der Waals surface area contributed by atoms with Gasteiger partial charge in [0.05, 0.1) is 12.1 Å². The Morgan fingerprint density at radius 3 is 2.57 bits per heavy atom. The lowest BCUT2D eigenvalue weighted by Gasteiger charge is -2.32. The van der Waals surface area contributed by atoms with Crippen molar-refractivity contribution >= 4 is 32.4 Å². The van der Waals surface area contributed by atoms with Crippen molar-refractivity contribution in [1.82, 2.24) is 10.2 Å². The number of hydrogen-bond acceptors (Lipinski definition) is 5. The Morgan fingerprint density at radius 2 is 2.21 bits per heavy atom. The number of aliphatic hydroxyl groups is 1. The van der Waals surface area contributed by atoms with Crippen LogP contribution in [0.4, 0.5) is 5.13 Å². The van der Waals surface area contributed by atoms with Crippen molar-refractivity contribution in [2.24, 2.45) is 5.92 Å². The molecule has 1 rings (SSSR count). The fraction of sp³-hybridized carbons (Fsp3) is 0.750. The summed E-state index contributed by atoms with van der Waals surface area (Å²) < 4.78 is 0.740. The molecule has 2 N–H and O–H groups in total. The molecule has 0 bridgehead atoms. The molecule has 80 valence electrons. The Hall–Kier alpha value is -0.200. The van der Waals surface area contributed by atoms with Crippen LogP contribution in [0, 0.1) is 5.92 Å². The van der Waals surface area contributed by atoms with Gasteiger partial charge in [0.1, 0.15) is 0 Å². The molecule has 0 saturated carbocycles. The monoisotopic (exact) mass is 279 g/mol. The molecule has 0 aliphatic heterocycles. The number of hydrogen-bond donors (Lipinski definition) is 2. The van der Waals surface area contributed by atoms with Gasteiger partial charge in [0.15, 0.2) is 3.92 Å². The van der Waals surface area contributed by atoms with Gasteiger partial charge in [-0.05, 0) is 28.8 Å². The first-order chi connectivity index (χ1) is 6.48. The maximum Gasteiger partial charge on any atom is 0.206 e. The third kappa shape index (κ3) is 2.65. The Balaban J connectivity index is 2.75. The summed E-state index contributed by atoms with van der Waals surface area (Å²) in [6.07, 6.45) is 0. The van der Waals surface area contributed by atoms with Crippen molar-refractivity contribution in [3.63, 3.8) is 0 Å². The molecule has 1 unspecified atom stereocenters. The number of halogens is 1. The highest BCUT2D eigenvalue weighted by Crippen LogP contribution is 2.26. The molecule has 0 aliphatic rings. The van der Waals surface area contributed by atoms with Gasteiger partial charge < -0.3 is 10.4 Å². The lowest BCUT2D eigenvalue weighted by Crippen LogP contribution is -2.43. The van der Waals surface area contributed by atoms with Crippen LogP contribution >= 0.6 is 27.3 Å². The predicted octanol–water partition coefficient (Wildman–Crippen LogP) is 2.12. The number of aromatic nitrogens is 2. The number of nitrogens with one attached hydrogen (secondary N) is 1. The fourth-order valence-corrected chi connectivity index (χ4v) is 2.01. The van der Waals surface area contributed by atoms with E-state index in [1.165, 1.54) is 11.3 Å². The van der Waals surface area contributed by atoms with E-state index in [4.69, 9.17) is 0 Å². The van der Waals surface area contributed by atoms with Gasteiger partial charge in [-0.25, -0.2) is 0 Å². The zero-order chi connectivity index (χ0) is 10.8. The number of anilines is 1. The zero-order valence-corrected chi connectivity index (χ0v) is 10.8. The minimum Gasteiger partial charge on any atom is -0.394 e. The predicted molar refractivity (Wildman–Crippen MR) is 61.6 cm³/mol. The lowest BCUT2D eigenvalue weighted by molar-refractivity contribution is 0.185. The van der Waals surface area contributed by atoms with E-state index >= 15 is 0 Å². The minimum atomic E-state index is -0.348. The molecule has 6 heteroatoms. The molecular formula is C8H14BrN3OS. The molecule has 0 spiro atoms. The van der Waals surface area contributed by atoms with Crippen molar-refractivity contribution in [1.29, 1.82) is 0 Å². The minimum absolute atomic E-state index is 0.0713. The van der Waals surface area contributed by atoms with E-state index in [0.717, 1.165) is 9.05 Å². The van der Waals surface area contributed by atoms with Gasteiger partial charge in [-0.2, -0.15) is 0 Å². The van der Waals surface area contributed by atoms with Crippen LogP contribution in [-0.2, 0) is 0 Å². The molecule has 14 heavy (non-hydrogen) atoms. The molecule has 0 aliphatic carbocycles. The van der Waals surface area contributed by atoms with Crippen molar-refractivity contribution in [2.75, 3.05) is 11.9 Å². The molecule has 0 saturated heterocycles. The van der Waals surface area contributed by atoms with Crippen molar-refractivity contribution in [2.45, 2.75) is 26.3 Å². The molecular weight excluding hydrogens is 266 g/mol. The summed E-state index contributed by atoms with van der Waals surface area (Å²) in [5.41, 5.74) is -0.348. The number of rotatable bonds is 4. The highest BCUT2D eigenvalue weighted by Gasteiger charge is 2.28. The summed E-state index contributed by atoms with van der Waals surface area (Å²) in [7, 11) is 0. The largest absolute Gasteiger partial charge is 0.394 e. The Kier molecular flexibility index (Phi) is 3.86. The highest BCUT2D eigenvalue weighted by atomic mass is 79.9. The molecule has 0 amide bonds. The summed E-state index contributed by atoms with van der Waals surface area (Å²) in [5, 5.41) is 21.0. The number of nitrogens with zero attached hydrogens (tertiary/aromatic N) is 2. The Bertz CT molecular complexity index is 305. The van der Waals surface area contributed by atoms with Crippen LogP contribution in [0.5, 0.6) is 0 Å². The van der Waals surface area contributed by atoms with Gasteiger partial charge in [0.25, 0.3) is 0 Å². The van der Waals surface area contributed by atoms with Gasteiger partial charge in [0.2, 0.25) is 5.13 Å². The van der Waals surface area contributed by atoms with E-state index in [2.05, 4.69) is 45.3 Å². The first-order valence-electron chi connectivity index (χ1n) is 4.36. The first kappa shape index (κ1) is 11.9. The maximum atomic E-state index is 9.31. The summed E-state index contributed by atoms with van der Waals surface area (Å²) in [6.45, 7) is 6.15. The standard InChI is InChI=1S/C8H14BrN3OS/c1-5(2)8(3,4-13)10-7-12-11-6(9)14-7/h5,13H,4H2,1-3H3,(H,10,12). The van der Waals surface area contributed by atoms with Crippen molar-refractivity contribution < 1.29 is 5.11 Å². The topological polar surface area (TPSA) is 58.0 Å². The van der Waals surface area contributed by atoms with E-state index in [1.54, 1.807) is 0 Å². The van der Waals surface area contributed by atoms with E-state index in [9.17, 15) is 5.11 Å². The number of aliphatic hydroxyl groups excluding tert-OH is 1. The summed E-state index contributed by atoms with van der Waals surface area (Å²) in [5.74, 6) is 0.315. The Morgan fingerprint density at radius 1 is 1.57 bits per heavy atom.